The summed E-state index contributed by atoms with van der Waals surface area (Å²) in [4.78, 5) is 27.5. The molecule has 1 aliphatic rings. The molecule has 1 N–H and O–H groups in total. The molecule has 2 aromatic rings. The molecule has 108 valence electrons. The first-order valence-corrected chi connectivity index (χ1v) is 6.09. The zero-order valence-corrected chi connectivity index (χ0v) is 11.0. The standard InChI is InChI=1S/C13H11N3O5/c1-20-15-12(10-6-7-11(21-10)16(18)19)14-9-5-3-2-4-8(9)13(15)17/h2-7,12,14H,1H3/t12-/m1/s1. The van der Waals surface area contributed by atoms with Crippen LogP contribution in [0.3, 0.4) is 0 Å². The van der Waals surface area contributed by atoms with Gasteiger partial charge in [-0.15, -0.1) is 0 Å². The number of carbonyl (C=O) groups is 1. The van der Waals surface area contributed by atoms with Gasteiger partial charge in [-0.1, -0.05) is 12.1 Å². The number of carbonyl (C=O) groups excluding carboxylic acids is 1. The summed E-state index contributed by atoms with van der Waals surface area (Å²) in [6, 6.07) is 9.59. The van der Waals surface area contributed by atoms with Crippen LogP contribution in [0.2, 0.25) is 0 Å². The van der Waals surface area contributed by atoms with Crippen molar-refractivity contribution >= 4 is 17.5 Å². The number of hydroxylamine groups is 2. The van der Waals surface area contributed by atoms with Crippen LogP contribution in [0, 0.1) is 10.1 Å². The number of hydrogen-bond donors (Lipinski definition) is 1. The Labute approximate surface area is 119 Å². The predicted molar refractivity (Wildman–Crippen MR) is 71.3 cm³/mol. The lowest BCUT2D eigenvalue weighted by Gasteiger charge is -2.34. The van der Waals surface area contributed by atoms with Crippen LogP contribution in [-0.2, 0) is 4.84 Å². The average Bonchev–Trinajstić information content (AvgIpc) is 2.97. The first-order valence-electron chi connectivity index (χ1n) is 6.09. The molecule has 8 heteroatoms. The summed E-state index contributed by atoms with van der Waals surface area (Å²) in [5.41, 5.74) is 1.07. The molecule has 8 nitrogen and oxygen atoms in total. The van der Waals surface area contributed by atoms with Crippen LogP contribution in [0.4, 0.5) is 11.6 Å². The lowest BCUT2D eigenvalue weighted by Crippen LogP contribution is -2.42. The molecule has 0 saturated heterocycles. The molecule has 0 radical (unpaired) electrons. The third-order valence-electron chi connectivity index (χ3n) is 3.14. The molecule has 0 aliphatic carbocycles. The monoisotopic (exact) mass is 289 g/mol. The molecule has 21 heavy (non-hydrogen) atoms. The van der Waals surface area contributed by atoms with Crippen molar-refractivity contribution in [1.29, 1.82) is 0 Å². The third-order valence-corrected chi connectivity index (χ3v) is 3.14. The second kappa shape index (κ2) is 4.91. The molecule has 1 aliphatic heterocycles. The zero-order chi connectivity index (χ0) is 15.0. The summed E-state index contributed by atoms with van der Waals surface area (Å²) < 4.78 is 5.14. The van der Waals surface area contributed by atoms with Crippen LogP contribution in [0.5, 0.6) is 0 Å². The van der Waals surface area contributed by atoms with Gasteiger partial charge in [0.15, 0.2) is 11.9 Å². The molecule has 1 atom stereocenters. The van der Waals surface area contributed by atoms with E-state index in [-0.39, 0.29) is 11.7 Å². The minimum Gasteiger partial charge on any atom is -0.401 e. The summed E-state index contributed by atoms with van der Waals surface area (Å²) >= 11 is 0. The van der Waals surface area contributed by atoms with Gasteiger partial charge in [0.2, 0.25) is 0 Å². The van der Waals surface area contributed by atoms with E-state index in [1.807, 2.05) is 0 Å². The molecule has 0 unspecified atom stereocenters. The average molecular weight is 289 g/mol. The van der Waals surface area contributed by atoms with E-state index in [9.17, 15) is 14.9 Å². The molecular formula is C13H11N3O5. The van der Waals surface area contributed by atoms with Crippen molar-refractivity contribution in [2.75, 3.05) is 12.4 Å². The lowest BCUT2D eigenvalue weighted by atomic mass is 10.1. The predicted octanol–water partition coefficient (Wildman–Crippen LogP) is 2.32. The molecule has 1 aromatic heterocycles. The van der Waals surface area contributed by atoms with Gasteiger partial charge in [0, 0.05) is 5.69 Å². The number of hydrogen-bond acceptors (Lipinski definition) is 6. The van der Waals surface area contributed by atoms with Crippen molar-refractivity contribution in [3.05, 3.63) is 57.8 Å². The molecule has 0 spiro atoms. The third kappa shape index (κ3) is 2.11. The Kier molecular flexibility index (Phi) is 3.07. The van der Waals surface area contributed by atoms with Crippen molar-refractivity contribution in [2.45, 2.75) is 6.17 Å². The number of furan rings is 1. The van der Waals surface area contributed by atoms with E-state index < -0.39 is 17.0 Å². The van der Waals surface area contributed by atoms with E-state index in [0.29, 0.717) is 11.3 Å². The van der Waals surface area contributed by atoms with Crippen LogP contribution in [0.25, 0.3) is 0 Å². The summed E-state index contributed by atoms with van der Waals surface area (Å²) in [5, 5.41) is 14.8. The summed E-state index contributed by atoms with van der Waals surface area (Å²) in [6.45, 7) is 0. The van der Waals surface area contributed by atoms with Gasteiger partial charge >= 0.3 is 5.88 Å². The lowest BCUT2D eigenvalue weighted by molar-refractivity contribution is -0.402. The molecule has 0 saturated carbocycles. The number of fused-ring (bicyclic) bond motifs is 1. The van der Waals surface area contributed by atoms with Crippen LogP contribution in [0.1, 0.15) is 22.3 Å². The minimum atomic E-state index is -0.772. The number of nitrogens with zero attached hydrogens (tertiary/aromatic N) is 2. The number of para-hydroxylation sites is 1. The van der Waals surface area contributed by atoms with Gasteiger partial charge in [-0.2, -0.15) is 5.06 Å². The summed E-state index contributed by atoms with van der Waals surface area (Å²) in [6.07, 6.45) is -0.772. The number of rotatable bonds is 3. The molecule has 3 rings (SSSR count). The Hall–Kier alpha value is -2.87. The van der Waals surface area contributed by atoms with E-state index in [4.69, 9.17) is 9.25 Å². The van der Waals surface area contributed by atoms with Crippen molar-refractivity contribution in [2.24, 2.45) is 0 Å². The van der Waals surface area contributed by atoms with Crippen molar-refractivity contribution in [1.82, 2.24) is 5.06 Å². The van der Waals surface area contributed by atoms with Crippen LogP contribution < -0.4 is 5.32 Å². The van der Waals surface area contributed by atoms with Crippen LogP contribution in [0.15, 0.2) is 40.8 Å². The number of nitro groups is 1. The SMILES string of the molecule is CON1C(=O)c2ccccc2N[C@H]1c1ccc([N+](=O)[O-])o1. The topological polar surface area (TPSA) is 97.8 Å². The highest BCUT2D eigenvalue weighted by atomic mass is 16.7. The van der Waals surface area contributed by atoms with Crippen molar-refractivity contribution in [3.8, 4) is 0 Å². The fourth-order valence-corrected chi connectivity index (χ4v) is 2.20. The molecule has 2 heterocycles. The summed E-state index contributed by atoms with van der Waals surface area (Å²) in [5.74, 6) is -0.531. The van der Waals surface area contributed by atoms with Gasteiger partial charge in [-0.3, -0.25) is 19.7 Å². The Morgan fingerprint density at radius 2 is 2.10 bits per heavy atom. The van der Waals surface area contributed by atoms with Gasteiger partial charge in [0.1, 0.15) is 4.92 Å². The fraction of sp³-hybridized carbons (Fsp3) is 0.154. The highest BCUT2D eigenvalue weighted by Crippen LogP contribution is 2.34. The van der Waals surface area contributed by atoms with Gasteiger partial charge in [-0.25, -0.2) is 0 Å². The molecule has 0 fully saturated rings. The smallest absolute Gasteiger partial charge is 0.401 e. The molecule has 1 aromatic carbocycles. The number of anilines is 1. The Morgan fingerprint density at radius 1 is 1.33 bits per heavy atom. The second-order valence-corrected chi connectivity index (χ2v) is 4.34. The van der Waals surface area contributed by atoms with E-state index in [1.165, 1.54) is 19.2 Å². The van der Waals surface area contributed by atoms with Gasteiger partial charge in [0.05, 0.1) is 18.7 Å². The number of amides is 1. The van der Waals surface area contributed by atoms with Gasteiger partial charge < -0.3 is 9.73 Å². The highest BCUT2D eigenvalue weighted by molar-refractivity contribution is 6.01. The van der Waals surface area contributed by atoms with E-state index in [0.717, 1.165) is 5.06 Å². The van der Waals surface area contributed by atoms with Crippen molar-refractivity contribution in [3.63, 3.8) is 0 Å². The first kappa shape index (κ1) is 13.1. The largest absolute Gasteiger partial charge is 0.433 e. The fourth-order valence-electron chi connectivity index (χ4n) is 2.20. The quantitative estimate of drug-likeness (QED) is 0.687. The maximum Gasteiger partial charge on any atom is 0.433 e. The Morgan fingerprint density at radius 3 is 2.76 bits per heavy atom. The minimum absolute atomic E-state index is 0.214. The number of benzene rings is 1. The van der Waals surface area contributed by atoms with E-state index >= 15 is 0 Å². The van der Waals surface area contributed by atoms with Crippen LogP contribution in [-0.4, -0.2) is 23.0 Å². The van der Waals surface area contributed by atoms with E-state index in [1.54, 1.807) is 24.3 Å². The number of nitrogens with one attached hydrogen (secondary N) is 1. The second-order valence-electron chi connectivity index (χ2n) is 4.34. The maximum absolute atomic E-state index is 12.4. The Balaban J connectivity index is 2.01. The molecular weight excluding hydrogens is 278 g/mol. The zero-order valence-electron chi connectivity index (χ0n) is 11.0. The Bertz CT molecular complexity index is 711. The maximum atomic E-state index is 12.4. The summed E-state index contributed by atoms with van der Waals surface area (Å²) in [7, 11) is 1.35. The van der Waals surface area contributed by atoms with Crippen molar-refractivity contribution < 1.29 is 19.0 Å². The van der Waals surface area contributed by atoms with Gasteiger partial charge in [0.25, 0.3) is 5.91 Å². The van der Waals surface area contributed by atoms with E-state index in [2.05, 4.69) is 5.32 Å². The first-order chi connectivity index (χ1) is 10.1. The normalized spacial score (nSPS) is 17.3. The van der Waals surface area contributed by atoms with Gasteiger partial charge in [-0.05, 0) is 18.2 Å². The molecule has 1 amide bonds. The van der Waals surface area contributed by atoms with Crippen LogP contribution >= 0.6 is 0 Å². The molecule has 0 bridgehead atoms. The highest BCUT2D eigenvalue weighted by Gasteiger charge is 2.36.